The van der Waals surface area contributed by atoms with Crippen molar-refractivity contribution in [1.82, 2.24) is 10.7 Å². The minimum atomic E-state index is 0.268. The predicted molar refractivity (Wildman–Crippen MR) is 78.1 cm³/mol. The molecule has 2 N–H and O–H groups in total. The van der Waals surface area contributed by atoms with Crippen molar-refractivity contribution in [1.29, 1.82) is 0 Å². The number of benzene rings is 1. The number of thiocarbonyl (C=S) groups is 1. The number of halogens is 2. The molecule has 0 atom stereocenters. The Morgan fingerprint density at radius 1 is 1.41 bits per heavy atom. The Hall–Kier alpha value is -0.840. The van der Waals surface area contributed by atoms with E-state index in [1.807, 2.05) is 13.8 Å². The van der Waals surface area contributed by atoms with Gasteiger partial charge in [0.1, 0.15) is 0 Å². The van der Waals surface area contributed by atoms with Crippen molar-refractivity contribution in [3.05, 3.63) is 33.8 Å². The van der Waals surface area contributed by atoms with Gasteiger partial charge in [-0.1, -0.05) is 29.3 Å². The van der Waals surface area contributed by atoms with Gasteiger partial charge in [-0.25, -0.2) is 0 Å². The molecular weight excluding hydrogens is 277 g/mol. The van der Waals surface area contributed by atoms with E-state index in [2.05, 4.69) is 15.8 Å². The number of rotatable bonds is 3. The Kier molecular flexibility index (Phi) is 5.68. The van der Waals surface area contributed by atoms with Crippen molar-refractivity contribution < 1.29 is 0 Å². The number of hydrazone groups is 1. The second kappa shape index (κ2) is 6.79. The van der Waals surface area contributed by atoms with Crippen LogP contribution in [0.4, 0.5) is 0 Å². The summed E-state index contributed by atoms with van der Waals surface area (Å²) in [4.78, 5) is 0. The number of nitrogens with one attached hydrogen (secondary N) is 2. The third-order valence-electron chi connectivity index (χ3n) is 1.75. The highest BCUT2D eigenvalue weighted by molar-refractivity contribution is 7.80. The summed E-state index contributed by atoms with van der Waals surface area (Å²) >= 11 is 16.8. The van der Waals surface area contributed by atoms with Crippen LogP contribution in [0.5, 0.6) is 0 Å². The van der Waals surface area contributed by atoms with E-state index >= 15 is 0 Å². The van der Waals surface area contributed by atoms with E-state index in [4.69, 9.17) is 35.4 Å². The Bertz CT molecular complexity index is 433. The number of nitrogens with zero attached hydrogens (tertiary/aromatic N) is 1. The van der Waals surface area contributed by atoms with Gasteiger partial charge in [0.2, 0.25) is 0 Å². The summed E-state index contributed by atoms with van der Waals surface area (Å²) in [5.41, 5.74) is 3.48. The lowest BCUT2D eigenvalue weighted by molar-refractivity contribution is 0.720. The van der Waals surface area contributed by atoms with E-state index in [9.17, 15) is 0 Å². The summed E-state index contributed by atoms with van der Waals surface area (Å²) in [6, 6.07) is 5.47. The maximum absolute atomic E-state index is 5.98. The molecule has 0 aliphatic heterocycles. The molecule has 0 aliphatic carbocycles. The topological polar surface area (TPSA) is 36.4 Å². The van der Waals surface area contributed by atoms with Crippen LogP contribution >= 0.6 is 35.4 Å². The van der Waals surface area contributed by atoms with Crippen molar-refractivity contribution in [2.75, 3.05) is 0 Å². The molecular formula is C11H13Cl2N3S. The maximum Gasteiger partial charge on any atom is 0.187 e. The van der Waals surface area contributed by atoms with Crippen LogP contribution in [0.25, 0.3) is 0 Å². The first-order valence-electron chi connectivity index (χ1n) is 5.03. The van der Waals surface area contributed by atoms with Gasteiger partial charge in [0.15, 0.2) is 5.11 Å². The fraction of sp³-hybridized carbons (Fsp3) is 0.273. The Balaban J connectivity index is 2.56. The molecule has 0 amide bonds. The van der Waals surface area contributed by atoms with Gasteiger partial charge in [0, 0.05) is 16.6 Å². The van der Waals surface area contributed by atoms with Crippen LogP contribution < -0.4 is 10.7 Å². The molecule has 0 spiro atoms. The van der Waals surface area contributed by atoms with Crippen molar-refractivity contribution in [2.24, 2.45) is 5.10 Å². The van der Waals surface area contributed by atoms with Gasteiger partial charge < -0.3 is 5.32 Å². The molecule has 6 heteroatoms. The minimum Gasteiger partial charge on any atom is -0.359 e. The summed E-state index contributed by atoms with van der Waals surface area (Å²) in [6.45, 7) is 3.99. The zero-order chi connectivity index (χ0) is 12.8. The highest BCUT2D eigenvalue weighted by atomic mass is 35.5. The second-order valence-corrected chi connectivity index (χ2v) is 4.92. The molecule has 1 aromatic carbocycles. The smallest absolute Gasteiger partial charge is 0.187 e. The van der Waals surface area contributed by atoms with Crippen LogP contribution in [-0.4, -0.2) is 17.4 Å². The summed E-state index contributed by atoms with van der Waals surface area (Å²) < 4.78 is 0. The van der Waals surface area contributed by atoms with E-state index in [1.165, 1.54) is 0 Å². The zero-order valence-corrected chi connectivity index (χ0v) is 11.8. The van der Waals surface area contributed by atoms with E-state index in [0.29, 0.717) is 15.2 Å². The Labute approximate surface area is 116 Å². The highest BCUT2D eigenvalue weighted by Gasteiger charge is 1.98. The molecule has 0 aliphatic rings. The summed E-state index contributed by atoms with van der Waals surface area (Å²) in [7, 11) is 0. The van der Waals surface area contributed by atoms with Crippen molar-refractivity contribution in [3.63, 3.8) is 0 Å². The predicted octanol–water partition coefficient (Wildman–Crippen LogP) is 3.20. The molecule has 1 aromatic rings. The SMILES string of the molecule is CC(C)NC(=S)NN=Cc1ccc(Cl)cc1Cl. The van der Waals surface area contributed by atoms with Crippen LogP contribution in [0.1, 0.15) is 19.4 Å². The lowest BCUT2D eigenvalue weighted by Gasteiger charge is -2.09. The van der Waals surface area contributed by atoms with E-state index in [0.717, 1.165) is 5.56 Å². The van der Waals surface area contributed by atoms with Gasteiger partial charge >= 0.3 is 0 Å². The van der Waals surface area contributed by atoms with Crippen LogP contribution in [0, 0.1) is 0 Å². The largest absolute Gasteiger partial charge is 0.359 e. The van der Waals surface area contributed by atoms with Crippen LogP contribution in [0.15, 0.2) is 23.3 Å². The summed E-state index contributed by atoms with van der Waals surface area (Å²) in [5, 5.41) is 8.60. The van der Waals surface area contributed by atoms with Gasteiger partial charge in [0.05, 0.1) is 11.2 Å². The van der Waals surface area contributed by atoms with Gasteiger partial charge in [-0.05, 0) is 38.2 Å². The molecule has 0 fully saturated rings. The molecule has 92 valence electrons. The normalized spacial score (nSPS) is 10.9. The summed E-state index contributed by atoms with van der Waals surface area (Å²) in [5.74, 6) is 0. The molecule has 1 rings (SSSR count). The van der Waals surface area contributed by atoms with Crippen LogP contribution in [0.2, 0.25) is 10.0 Å². The molecule has 0 radical (unpaired) electrons. The first-order chi connectivity index (χ1) is 7.99. The second-order valence-electron chi connectivity index (χ2n) is 3.66. The zero-order valence-electron chi connectivity index (χ0n) is 9.50. The molecule has 0 bridgehead atoms. The van der Waals surface area contributed by atoms with Gasteiger partial charge in [-0.2, -0.15) is 5.10 Å². The molecule has 17 heavy (non-hydrogen) atoms. The summed E-state index contributed by atoms with van der Waals surface area (Å²) in [6.07, 6.45) is 1.59. The van der Waals surface area contributed by atoms with Crippen molar-refractivity contribution in [3.8, 4) is 0 Å². The van der Waals surface area contributed by atoms with Gasteiger partial charge in [-0.3, -0.25) is 5.43 Å². The standard InChI is InChI=1S/C11H13Cl2N3S/c1-7(2)15-11(17)16-14-6-8-3-4-9(12)5-10(8)13/h3-7H,1-2H3,(H2,15,16,17). The van der Waals surface area contributed by atoms with E-state index in [1.54, 1.807) is 24.4 Å². The maximum atomic E-state index is 5.98. The lowest BCUT2D eigenvalue weighted by atomic mass is 10.2. The quantitative estimate of drug-likeness (QED) is 0.510. The first-order valence-corrected chi connectivity index (χ1v) is 6.20. The average molecular weight is 290 g/mol. The van der Waals surface area contributed by atoms with Gasteiger partial charge in [0.25, 0.3) is 0 Å². The third kappa shape index (κ3) is 5.35. The number of hydrogen-bond donors (Lipinski definition) is 2. The van der Waals surface area contributed by atoms with Crippen molar-refractivity contribution in [2.45, 2.75) is 19.9 Å². The van der Waals surface area contributed by atoms with Crippen molar-refractivity contribution >= 4 is 46.7 Å². The molecule has 3 nitrogen and oxygen atoms in total. The van der Waals surface area contributed by atoms with E-state index in [-0.39, 0.29) is 6.04 Å². The minimum absolute atomic E-state index is 0.268. The average Bonchev–Trinajstić information content (AvgIpc) is 2.20. The Morgan fingerprint density at radius 2 is 2.12 bits per heavy atom. The van der Waals surface area contributed by atoms with E-state index < -0.39 is 0 Å². The third-order valence-corrected chi connectivity index (χ3v) is 2.52. The highest BCUT2D eigenvalue weighted by Crippen LogP contribution is 2.19. The number of hydrogen-bond acceptors (Lipinski definition) is 2. The fourth-order valence-electron chi connectivity index (χ4n) is 1.06. The molecule has 0 aromatic heterocycles. The first kappa shape index (κ1) is 14.2. The Morgan fingerprint density at radius 3 is 2.71 bits per heavy atom. The van der Waals surface area contributed by atoms with Crippen LogP contribution in [-0.2, 0) is 0 Å². The molecule has 0 heterocycles. The van der Waals surface area contributed by atoms with Gasteiger partial charge in [-0.15, -0.1) is 0 Å². The molecule has 0 saturated heterocycles. The molecule has 0 unspecified atom stereocenters. The monoisotopic (exact) mass is 289 g/mol. The molecule has 0 saturated carbocycles. The lowest BCUT2D eigenvalue weighted by Crippen LogP contribution is -2.36. The van der Waals surface area contributed by atoms with Crippen LogP contribution in [0.3, 0.4) is 0 Å². The fourth-order valence-corrected chi connectivity index (χ4v) is 1.81.